The van der Waals surface area contributed by atoms with E-state index >= 15 is 0 Å². The Bertz CT molecular complexity index is 1810. The number of benzene rings is 1. The zero-order valence-electron chi connectivity index (χ0n) is 34.3. The summed E-state index contributed by atoms with van der Waals surface area (Å²) in [7, 11) is 0. The molecule has 2 heterocycles. The van der Waals surface area contributed by atoms with Gasteiger partial charge < -0.3 is 24.4 Å². The standard InChI is InChI=1S/C44H62N4O6/c1-11-15-17-19-21-47-27(5)43(7,8)31-23-29(33(25-35(31)47)45-41(51)53-13-3)37-39(49)38(40(37)50)30-24-32-36(26-34(30)46-42(52)54-14-4)48(22-20-18-16-12-2)28(6)44(32,9)10/h23-28,49H,11-22H2,1-10H3,(H,45,51)/b38-30-,46-34+. The van der Waals surface area contributed by atoms with Gasteiger partial charge in [0.15, 0.2) is 0 Å². The highest BCUT2D eigenvalue weighted by molar-refractivity contribution is 6.42. The number of carbonyl (C=O) groups excluding carboxylic acids is 3. The number of carbonyl (C=O) groups is 3. The number of amides is 2. The van der Waals surface area contributed by atoms with Crippen molar-refractivity contribution in [3.8, 4) is 0 Å². The van der Waals surface area contributed by atoms with Gasteiger partial charge in [-0.3, -0.25) is 10.1 Å². The highest BCUT2D eigenvalue weighted by atomic mass is 16.5. The van der Waals surface area contributed by atoms with Crippen molar-refractivity contribution < 1.29 is 29.0 Å². The molecule has 2 unspecified atom stereocenters. The first-order valence-corrected chi connectivity index (χ1v) is 20.2. The van der Waals surface area contributed by atoms with E-state index < -0.39 is 12.2 Å². The largest absolute Gasteiger partial charge is 0.506 e. The molecule has 0 aromatic heterocycles. The molecule has 5 rings (SSSR count). The first kappa shape index (κ1) is 40.8. The summed E-state index contributed by atoms with van der Waals surface area (Å²) in [5, 5.41) is 14.8. The molecule has 294 valence electrons. The van der Waals surface area contributed by atoms with Crippen molar-refractivity contribution in [1.29, 1.82) is 0 Å². The van der Waals surface area contributed by atoms with Crippen LogP contribution in [0.1, 0.15) is 132 Å². The quantitative estimate of drug-likeness (QED) is 0.143. The van der Waals surface area contributed by atoms with Crippen LogP contribution in [0.3, 0.4) is 0 Å². The Morgan fingerprint density at radius 3 is 2.02 bits per heavy atom. The van der Waals surface area contributed by atoms with Gasteiger partial charge in [0.25, 0.3) is 0 Å². The molecule has 2 atom stereocenters. The molecule has 2 aliphatic carbocycles. The number of rotatable bonds is 14. The van der Waals surface area contributed by atoms with Gasteiger partial charge in [0.1, 0.15) is 5.76 Å². The molecule has 0 spiro atoms. The van der Waals surface area contributed by atoms with E-state index in [1.165, 1.54) is 12.8 Å². The number of aliphatic hydroxyl groups excluding tert-OH is 1. The molecule has 2 aliphatic heterocycles. The minimum Gasteiger partial charge on any atom is -0.506 e. The van der Waals surface area contributed by atoms with Crippen LogP contribution in [-0.2, 0) is 19.7 Å². The predicted molar refractivity (Wildman–Crippen MR) is 217 cm³/mol. The van der Waals surface area contributed by atoms with E-state index in [0.717, 1.165) is 74.1 Å². The number of aliphatic hydroxyl groups is 1. The minimum absolute atomic E-state index is 0.0912. The van der Waals surface area contributed by atoms with Gasteiger partial charge in [-0.25, -0.2) is 9.59 Å². The monoisotopic (exact) mass is 742 g/mol. The lowest BCUT2D eigenvalue weighted by atomic mass is 9.73. The number of fused-ring (bicyclic) bond motifs is 2. The lowest BCUT2D eigenvalue weighted by molar-refractivity contribution is -0.111. The number of hydrogen-bond donors (Lipinski definition) is 2. The van der Waals surface area contributed by atoms with Crippen molar-refractivity contribution in [1.82, 2.24) is 4.90 Å². The normalized spacial score (nSPS) is 23.2. The maximum Gasteiger partial charge on any atom is 0.434 e. The van der Waals surface area contributed by atoms with Crippen molar-refractivity contribution in [2.24, 2.45) is 10.4 Å². The molecule has 1 saturated heterocycles. The van der Waals surface area contributed by atoms with Crippen LogP contribution in [0.4, 0.5) is 21.0 Å². The van der Waals surface area contributed by atoms with Crippen molar-refractivity contribution in [2.45, 2.75) is 138 Å². The number of likely N-dealkylation sites (tertiary alicyclic amines) is 1. The van der Waals surface area contributed by atoms with Crippen LogP contribution in [0.25, 0.3) is 5.57 Å². The van der Waals surface area contributed by atoms with Crippen molar-refractivity contribution in [2.75, 3.05) is 36.5 Å². The first-order valence-electron chi connectivity index (χ1n) is 20.2. The Balaban J connectivity index is 1.65. The van der Waals surface area contributed by atoms with Crippen LogP contribution < -0.4 is 10.2 Å². The summed E-state index contributed by atoms with van der Waals surface area (Å²) in [5.41, 5.74) is 5.17. The van der Waals surface area contributed by atoms with E-state index in [2.05, 4.69) is 75.5 Å². The summed E-state index contributed by atoms with van der Waals surface area (Å²) in [5.74, 6) is -0.590. The van der Waals surface area contributed by atoms with Gasteiger partial charge >= 0.3 is 12.2 Å². The van der Waals surface area contributed by atoms with Crippen LogP contribution in [-0.4, -0.2) is 72.1 Å². The molecule has 1 aromatic carbocycles. The van der Waals surface area contributed by atoms with Crippen LogP contribution in [0, 0.1) is 5.41 Å². The molecule has 54 heavy (non-hydrogen) atoms. The maximum absolute atomic E-state index is 14.5. The molecule has 1 aromatic rings. The van der Waals surface area contributed by atoms with E-state index in [4.69, 9.17) is 9.47 Å². The van der Waals surface area contributed by atoms with Crippen molar-refractivity contribution in [3.63, 3.8) is 0 Å². The molecular formula is C44H62N4O6. The van der Waals surface area contributed by atoms with Crippen LogP contribution in [0.2, 0.25) is 0 Å². The highest BCUT2D eigenvalue weighted by Gasteiger charge is 2.48. The molecule has 1 fully saturated rings. The number of allylic oxidation sites excluding steroid dienone is 6. The second kappa shape index (κ2) is 16.6. The number of ketones is 1. The number of ether oxygens (including phenoxy) is 2. The molecule has 10 heteroatoms. The second-order valence-corrected chi connectivity index (χ2v) is 16.2. The second-order valence-electron chi connectivity index (χ2n) is 16.2. The summed E-state index contributed by atoms with van der Waals surface area (Å²) in [6.07, 6.45) is 11.4. The van der Waals surface area contributed by atoms with Gasteiger partial charge in [-0.2, -0.15) is 4.99 Å². The molecule has 0 saturated carbocycles. The van der Waals surface area contributed by atoms with Crippen LogP contribution >= 0.6 is 0 Å². The number of Topliss-reactive ketones (excluding diaryl/α,β-unsaturated/α-hetero) is 1. The van der Waals surface area contributed by atoms with Gasteiger partial charge in [0, 0.05) is 58.5 Å². The van der Waals surface area contributed by atoms with Crippen LogP contribution in [0.5, 0.6) is 0 Å². The average Bonchev–Trinajstić information content (AvgIpc) is 3.41. The fourth-order valence-electron chi connectivity index (χ4n) is 8.40. The third kappa shape index (κ3) is 7.50. The van der Waals surface area contributed by atoms with Gasteiger partial charge in [-0.1, -0.05) is 80.1 Å². The number of unbranched alkanes of at least 4 members (excludes halogenated alkanes) is 6. The summed E-state index contributed by atoms with van der Waals surface area (Å²) in [6, 6.07) is 4.19. The fraction of sp³-hybridized carbons (Fsp3) is 0.591. The lowest BCUT2D eigenvalue weighted by Gasteiger charge is -2.31. The molecule has 10 nitrogen and oxygen atoms in total. The third-order valence-corrected chi connectivity index (χ3v) is 12.2. The Morgan fingerprint density at radius 1 is 0.815 bits per heavy atom. The zero-order valence-corrected chi connectivity index (χ0v) is 34.3. The average molecular weight is 743 g/mol. The van der Waals surface area contributed by atoms with E-state index in [1.54, 1.807) is 13.8 Å². The van der Waals surface area contributed by atoms with Gasteiger partial charge in [-0.05, 0) is 76.0 Å². The molecule has 2 N–H and O–H groups in total. The third-order valence-electron chi connectivity index (χ3n) is 12.2. The first-order chi connectivity index (χ1) is 25.6. The van der Waals surface area contributed by atoms with E-state index in [0.29, 0.717) is 16.8 Å². The number of aliphatic imine (C=N–C) groups is 1. The SMILES string of the molecule is CCCCCCN1C2=CC(=N\C(=O)OCC)/C(=C3\C(=O)C(c4cc5c(cc4NC(=O)OCC)N(CCCCCC)C(C)C5(C)C)=C3O)C=C2C(C)(C)C1C. The Hall–Kier alpha value is -4.34. The summed E-state index contributed by atoms with van der Waals surface area (Å²) < 4.78 is 10.5. The molecule has 2 amide bonds. The number of hydrogen-bond acceptors (Lipinski definition) is 8. The van der Waals surface area contributed by atoms with E-state index in [9.17, 15) is 19.5 Å². The molecular weight excluding hydrogens is 681 g/mol. The highest BCUT2D eigenvalue weighted by Crippen LogP contribution is 2.53. The Kier molecular flexibility index (Phi) is 12.5. The summed E-state index contributed by atoms with van der Waals surface area (Å²) in [4.78, 5) is 49.4. The smallest absolute Gasteiger partial charge is 0.434 e. The topological polar surface area (TPSA) is 121 Å². The number of nitrogens with zero attached hydrogens (tertiary/aromatic N) is 3. The van der Waals surface area contributed by atoms with Crippen molar-refractivity contribution in [3.05, 3.63) is 63.6 Å². The lowest BCUT2D eigenvalue weighted by Crippen LogP contribution is -2.39. The van der Waals surface area contributed by atoms with Crippen molar-refractivity contribution >= 4 is 40.6 Å². The Labute approximate surface area is 322 Å². The molecule has 4 aliphatic rings. The minimum atomic E-state index is -0.760. The summed E-state index contributed by atoms with van der Waals surface area (Å²) >= 11 is 0. The van der Waals surface area contributed by atoms with Gasteiger partial charge in [-0.15, -0.1) is 0 Å². The van der Waals surface area contributed by atoms with Crippen LogP contribution in [0.15, 0.2) is 57.5 Å². The zero-order chi connectivity index (χ0) is 39.5. The predicted octanol–water partition coefficient (Wildman–Crippen LogP) is 10.2. The fourth-order valence-corrected chi connectivity index (χ4v) is 8.40. The molecule has 0 bridgehead atoms. The van der Waals surface area contributed by atoms with Gasteiger partial charge in [0.2, 0.25) is 5.78 Å². The van der Waals surface area contributed by atoms with E-state index in [1.807, 2.05) is 24.3 Å². The number of nitrogens with one attached hydrogen (secondary N) is 1. The molecule has 0 radical (unpaired) electrons. The van der Waals surface area contributed by atoms with Gasteiger partial charge in [0.05, 0.1) is 35.8 Å². The summed E-state index contributed by atoms with van der Waals surface area (Å²) in [6.45, 7) is 23.1. The Morgan fingerprint density at radius 2 is 1.43 bits per heavy atom. The number of anilines is 2. The maximum atomic E-state index is 14.5. The van der Waals surface area contributed by atoms with E-state index in [-0.39, 0.29) is 64.5 Å².